The highest BCUT2D eigenvalue weighted by atomic mass is 16.2. The van der Waals surface area contributed by atoms with E-state index in [-0.39, 0.29) is 23.9 Å². The maximum atomic E-state index is 14.4. The van der Waals surface area contributed by atoms with Crippen LogP contribution in [0.5, 0.6) is 0 Å². The van der Waals surface area contributed by atoms with Crippen LogP contribution in [0.25, 0.3) is 0 Å². The fourth-order valence-corrected chi connectivity index (χ4v) is 8.23. The van der Waals surface area contributed by atoms with Crippen molar-refractivity contribution in [1.82, 2.24) is 14.4 Å². The molecule has 6 rings (SSSR count). The van der Waals surface area contributed by atoms with E-state index in [0.717, 1.165) is 62.1 Å². The Balaban J connectivity index is 1.37. The van der Waals surface area contributed by atoms with Gasteiger partial charge in [-0.15, -0.1) is 0 Å². The van der Waals surface area contributed by atoms with Gasteiger partial charge < -0.3 is 14.4 Å². The third-order valence-electron chi connectivity index (χ3n) is 9.42. The zero-order valence-electron chi connectivity index (χ0n) is 21.7. The number of amides is 2. The third-order valence-corrected chi connectivity index (χ3v) is 9.42. The fraction of sp³-hybridized carbons (Fsp3) is 0.793. The van der Waals surface area contributed by atoms with Crippen molar-refractivity contribution < 1.29 is 9.59 Å². The van der Waals surface area contributed by atoms with Gasteiger partial charge in [0, 0.05) is 31.5 Å². The number of aromatic nitrogens is 1. The van der Waals surface area contributed by atoms with E-state index in [0.29, 0.717) is 18.4 Å². The maximum absolute atomic E-state index is 14.4. The molecule has 34 heavy (non-hydrogen) atoms. The van der Waals surface area contributed by atoms with Gasteiger partial charge in [-0.05, 0) is 87.2 Å². The molecular formula is C29H45N3O2. The molecule has 0 aliphatic heterocycles. The molecule has 0 unspecified atom stereocenters. The van der Waals surface area contributed by atoms with Crippen LogP contribution < -0.4 is 0 Å². The quantitative estimate of drug-likeness (QED) is 0.515. The van der Waals surface area contributed by atoms with E-state index in [1.54, 1.807) is 0 Å². The first-order chi connectivity index (χ1) is 16.3. The van der Waals surface area contributed by atoms with Crippen LogP contribution in [-0.2, 0) is 23.2 Å². The molecule has 1 aromatic heterocycles. The van der Waals surface area contributed by atoms with Crippen LogP contribution in [0.1, 0.15) is 90.2 Å². The lowest BCUT2D eigenvalue weighted by Crippen LogP contribution is -2.58. The van der Waals surface area contributed by atoms with E-state index in [1.165, 1.54) is 38.5 Å². The van der Waals surface area contributed by atoms with Gasteiger partial charge in [-0.2, -0.15) is 0 Å². The number of carbonyl (C=O) groups excluding carboxylic acids is 2. The highest BCUT2D eigenvalue weighted by molar-refractivity contribution is 5.88. The Labute approximate surface area is 206 Å². The van der Waals surface area contributed by atoms with Gasteiger partial charge in [0.05, 0.1) is 12.0 Å². The van der Waals surface area contributed by atoms with Gasteiger partial charge in [-0.3, -0.25) is 9.59 Å². The van der Waals surface area contributed by atoms with E-state index in [2.05, 4.69) is 29.4 Å². The molecule has 0 N–H and O–H groups in total. The van der Waals surface area contributed by atoms with Crippen LogP contribution in [0.3, 0.4) is 0 Å². The van der Waals surface area contributed by atoms with Crippen molar-refractivity contribution in [3.8, 4) is 0 Å². The number of rotatable bonds is 8. The predicted octanol–water partition coefficient (Wildman–Crippen LogP) is 5.39. The fourth-order valence-electron chi connectivity index (χ4n) is 8.23. The summed E-state index contributed by atoms with van der Waals surface area (Å²) >= 11 is 0. The smallest absolute Gasteiger partial charge is 0.242 e. The van der Waals surface area contributed by atoms with E-state index in [1.807, 2.05) is 24.2 Å². The molecule has 5 fully saturated rings. The Morgan fingerprint density at radius 1 is 1.03 bits per heavy atom. The Morgan fingerprint density at radius 3 is 2.18 bits per heavy atom. The summed E-state index contributed by atoms with van der Waals surface area (Å²) in [6.07, 6.45) is 15.0. The lowest BCUT2D eigenvalue weighted by Gasteiger charge is -2.57. The van der Waals surface area contributed by atoms with Crippen molar-refractivity contribution in [2.24, 2.45) is 36.1 Å². The summed E-state index contributed by atoms with van der Waals surface area (Å²) in [6.45, 7) is 5.95. The molecule has 0 spiro atoms. The SMILES string of the molecule is CC(C)CN(Cc1cccn1C)C(=O)CN(C(=O)C12CC3CC(CC(C3)C1)C2)C1CCCCC1. The average molecular weight is 468 g/mol. The van der Waals surface area contributed by atoms with Crippen molar-refractivity contribution in [1.29, 1.82) is 0 Å². The largest absolute Gasteiger partial charge is 0.353 e. The van der Waals surface area contributed by atoms with E-state index in [9.17, 15) is 9.59 Å². The highest BCUT2D eigenvalue weighted by Gasteiger charge is 2.56. The van der Waals surface area contributed by atoms with Gasteiger partial charge in [-0.1, -0.05) is 33.1 Å². The van der Waals surface area contributed by atoms with Crippen molar-refractivity contribution in [2.45, 2.75) is 97.1 Å². The number of nitrogens with zero attached hydrogens (tertiary/aromatic N) is 3. The first-order valence-corrected chi connectivity index (χ1v) is 14.0. The topological polar surface area (TPSA) is 45.6 Å². The molecular weight excluding hydrogens is 422 g/mol. The van der Waals surface area contributed by atoms with Crippen LogP contribution in [0.15, 0.2) is 18.3 Å². The molecule has 1 aromatic rings. The van der Waals surface area contributed by atoms with Crippen LogP contribution in [0, 0.1) is 29.1 Å². The normalized spacial score (nSPS) is 30.6. The van der Waals surface area contributed by atoms with E-state index in [4.69, 9.17) is 0 Å². The molecule has 5 aliphatic rings. The van der Waals surface area contributed by atoms with Crippen molar-refractivity contribution in [3.63, 3.8) is 0 Å². The molecule has 188 valence electrons. The zero-order chi connectivity index (χ0) is 23.9. The molecule has 4 bridgehead atoms. The van der Waals surface area contributed by atoms with Gasteiger partial charge >= 0.3 is 0 Å². The maximum Gasteiger partial charge on any atom is 0.242 e. The van der Waals surface area contributed by atoms with Crippen molar-refractivity contribution >= 4 is 11.8 Å². The molecule has 1 heterocycles. The highest BCUT2D eigenvalue weighted by Crippen LogP contribution is 2.60. The van der Waals surface area contributed by atoms with Gasteiger partial charge in [0.1, 0.15) is 6.54 Å². The summed E-state index contributed by atoms with van der Waals surface area (Å²) in [6, 6.07) is 4.38. The number of hydrogen-bond donors (Lipinski definition) is 0. The number of hydrogen-bond acceptors (Lipinski definition) is 2. The molecule has 0 saturated heterocycles. The van der Waals surface area contributed by atoms with Gasteiger partial charge in [0.2, 0.25) is 11.8 Å². The Morgan fingerprint density at radius 2 is 1.65 bits per heavy atom. The first kappa shape index (κ1) is 23.9. The van der Waals surface area contributed by atoms with E-state index < -0.39 is 0 Å². The first-order valence-electron chi connectivity index (χ1n) is 14.0. The summed E-state index contributed by atoms with van der Waals surface area (Å²) in [7, 11) is 2.04. The van der Waals surface area contributed by atoms with Gasteiger partial charge in [0.15, 0.2) is 0 Å². The summed E-state index contributed by atoms with van der Waals surface area (Å²) < 4.78 is 2.10. The Hall–Kier alpha value is -1.78. The number of carbonyl (C=O) groups is 2. The third kappa shape index (κ3) is 4.81. The number of aryl methyl sites for hydroxylation is 1. The summed E-state index contributed by atoms with van der Waals surface area (Å²) in [5.41, 5.74) is 0.971. The van der Waals surface area contributed by atoms with Gasteiger partial charge in [0.25, 0.3) is 0 Å². The lowest BCUT2D eigenvalue weighted by molar-refractivity contribution is -0.163. The molecule has 2 amide bonds. The Kier molecular flexibility index (Phi) is 6.83. The lowest BCUT2D eigenvalue weighted by atomic mass is 9.49. The minimum atomic E-state index is -0.173. The minimum Gasteiger partial charge on any atom is -0.353 e. The zero-order valence-corrected chi connectivity index (χ0v) is 21.7. The second-order valence-electron chi connectivity index (χ2n) is 12.7. The minimum absolute atomic E-state index is 0.124. The molecule has 0 atom stereocenters. The van der Waals surface area contributed by atoms with Gasteiger partial charge in [-0.25, -0.2) is 0 Å². The van der Waals surface area contributed by atoms with Crippen molar-refractivity contribution in [2.75, 3.05) is 13.1 Å². The second-order valence-corrected chi connectivity index (χ2v) is 12.7. The summed E-state index contributed by atoms with van der Waals surface area (Å²) in [4.78, 5) is 32.3. The van der Waals surface area contributed by atoms with Crippen LogP contribution in [0.4, 0.5) is 0 Å². The molecule has 0 aromatic carbocycles. The predicted molar refractivity (Wildman–Crippen MR) is 135 cm³/mol. The summed E-state index contributed by atoms with van der Waals surface area (Å²) in [5.74, 6) is 3.09. The molecule has 5 aliphatic carbocycles. The molecule has 5 nitrogen and oxygen atoms in total. The van der Waals surface area contributed by atoms with Crippen LogP contribution in [0.2, 0.25) is 0 Å². The summed E-state index contributed by atoms with van der Waals surface area (Å²) in [5, 5.41) is 0. The standard InChI is InChI=1S/C29H45N3O2/c1-21(2)18-31(19-26-10-7-11-30(26)3)27(33)20-32(25-8-5-4-6-9-25)28(34)29-15-22-12-23(16-29)14-24(13-22)17-29/h7,10-11,21-25H,4-6,8-9,12-20H2,1-3H3. The second kappa shape index (κ2) is 9.70. The van der Waals surface area contributed by atoms with Crippen LogP contribution in [-0.4, -0.2) is 45.3 Å². The van der Waals surface area contributed by atoms with Crippen LogP contribution >= 0.6 is 0 Å². The molecule has 0 radical (unpaired) electrons. The average Bonchev–Trinajstić information content (AvgIpc) is 3.20. The monoisotopic (exact) mass is 467 g/mol. The molecule has 5 heteroatoms. The Bertz CT molecular complexity index is 846. The van der Waals surface area contributed by atoms with E-state index >= 15 is 0 Å². The van der Waals surface area contributed by atoms with Crippen molar-refractivity contribution in [3.05, 3.63) is 24.0 Å². The molecule has 5 saturated carbocycles.